The van der Waals surface area contributed by atoms with Gasteiger partial charge in [0.25, 0.3) is 0 Å². The van der Waals surface area contributed by atoms with Gasteiger partial charge in [-0.25, -0.2) is 4.39 Å². The van der Waals surface area contributed by atoms with Crippen LogP contribution >= 0.6 is 0 Å². The number of likely N-dealkylation sites (N-methyl/N-ethyl adjacent to an activating group) is 1. The van der Waals surface area contributed by atoms with Crippen molar-refractivity contribution in [2.75, 3.05) is 7.05 Å². The average Bonchev–Trinajstić information content (AvgIpc) is 2.27. The second-order valence-corrected chi connectivity index (χ2v) is 4.29. The van der Waals surface area contributed by atoms with Gasteiger partial charge in [0.15, 0.2) is 5.92 Å². The SMILES string of the molecule is CNC(Cc1ccc(F)cc1)C(C(F)(F)F)C(F)(F)F. The van der Waals surface area contributed by atoms with Crippen LogP contribution in [0.15, 0.2) is 24.3 Å². The Kier molecular flexibility index (Phi) is 5.01. The lowest BCUT2D eigenvalue weighted by Gasteiger charge is -2.30. The van der Waals surface area contributed by atoms with Crippen molar-refractivity contribution in [1.29, 1.82) is 0 Å². The molecule has 0 saturated carbocycles. The highest BCUT2D eigenvalue weighted by Gasteiger charge is 2.59. The molecule has 0 saturated heterocycles. The molecule has 0 aliphatic heterocycles. The topological polar surface area (TPSA) is 12.0 Å². The summed E-state index contributed by atoms with van der Waals surface area (Å²) < 4.78 is 88.3. The van der Waals surface area contributed by atoms with E-state index in [1.807, 2.05) is 5.32 Å². The summed E-state index contributed by atoms with van der Waals surface area (Å²) in [5.41, 5.74) is 0.184. The zero-order valence-corrected chi connectivity index (χ0v) is 10.3. The predicted molar refractivity (Wildman–Crippen MR) is 58.6 cm³/mol. The first-order valence-electron chi connectivity index (χ1n) is 5.61. The Balaban J connectivity index is 3.00. The lowest BCUT2D eigenvalue weighted by molar-refractivity contribution is -0.291. The predicted octanol–water partition coefficient (Wildman–Crippen LogP) is 3.70. The maximum Gasteiger partial charge on any atom is 0.402 e. The minimum atomic E-state index is -5.41. The van der Waals surface area contributed by atoms with Gasteiger partial charge in [0.05, 0.1) is 0 Å². The van der Waals surface area contributed by atoms with Gasteiger partial charge in [-0.15, -0.1) is 0 Å². The number of nitrogens with one attached hydrogen (secondary N) is 1. The first kappa shape index (κ1) is 16.7. The molecule has 1 unspecified atom stereocenters. The first-order chi connectivity index (χ1) is 9.05. The highest BCUT2D eigenvalue weighted by molar-refractivity contribution is 5.17. The van der Waals surface area contributed by atoms with Crippen LogP contribution < -0.4 is 5.32 Å². The number of rotatable bonds is 4. The maximum absolute atomic E-state index is 12.7. The van der Waals surface area contributed by atoms with E-state index in [2.05, 4.69) is 0 Å². The van der Waals surface area contributed by atoms with Gasteiger partial charge in [0, 0.05) is 6.04 Å². The Bertz CT molecular complexity index is 407. The van der Waals surface area contributed by atoms with E-state index in [-0.39, 0.29) is 5.56 Å². The van der Waals surface area contributed by atoms with E-state index in [1.54, 1.807) is 0 Å². The third kappa shape index (κ3) is 4.36. The van der Waals surface area contributed by atoms with Gasteiger partial charge in [-0.2, -0.15) is 26.3 Å². The monoisotopic (exact) mass is 303 g/mol. The first-order valence-corrected chi connectivity index (χ1v) is 5.61. The quantitative estimate of drug-likeness (QED) is 0.836. The molecule has 0 fully saturated rings. The van der Waals surface area contributed by atoms with Crippen LogP contribution in [0, 0.1) is 11.7 Å². The normalized spacial score (nSPS) is 14.7. The zero-order chi connectivity index (χ0) is 15.6. The lowest BCUT2D eigenvalue weighted by Crippen LogP contribution is -2.51. The molecule has 0 aliphatic carbocycles. The van der Waals surface area contributed by atoms with Gasteiger partial charge in [-0.05, 0) is 31.2 Å². The van der Waals surface area contributed by atoms with Crippen molar-refractivity contribution in [2.24, 2.45) is 5.92 Å². The van der Waals surface area contributed by atoms with Crippen LogP contribution in [-0.2, 0) is 6.42 Å². The molecule has 0 radical (unpaired) electrons. The van der Waals surface area contributed by atoms with Crippen molar-refractivity contribution < 1.29 is 30.7 Å². The average molecular weight is 303 g/mol. The molecule has 1 aromatic rings. The third-order valence-corrected chi connectivity index (χ3v) is 2.85. The van der Waals surface area contributed by atoms with E-state index in [0.29, 0.717) is 0 Å². The summed E-state index contributed by atoms with van der Waals surface area (Å²) in [7, 11) is 1.03. The number of benzene rings is 1. The van der Waals surface area contributed by atoms with Crippen LogP contribution in [0.4, 0.5) is 30.7 Å². The fourth-order valence-corrected chi connectivity index (χ4v) is 1.90. The molecule has 0 aromatic heterocycles. The summed E-state index contributed by atoms with van der Waals surface area (Å²) in [6.07, 6.45) is -11.3. The summed E-state index contributed by atoms with van der Waals surface area (Å²) in [4.78, 5) is 0. The van der Waals surface area contributed by atoms with Crippen LogP contribution in [0.5, 0.6) is 0 Å². The number of halogens is 7. The van der Waals surface area contributed by atoms with E-state index in [0.717, 1.165) is 31.3 Å². The summed E-state index contributed by atoms with van der Waals surface area (Å²) in [6, 6.07) is 2.41. The van der Waals surface area contributed by atoms with Crippen LogP contribution in [0.3, 0.4) is 0 Å². The number of hydrogen-bond acceptors (Lipinski definition) is 1. The van der Waals surface area contributed by atoms with Crippen LogP contribution in [-0.4, -0.2) is 25.4 Å². The van der Waals surface area contributed by atoms with Crippen LogP contribution in [0.2, 0.25) is 0 Å². The van der Waals surface area contributed by atoms with Gasteiger partial charge < -0.3 is 5.32 Å². The molecule has 1 aromatic carbocycles. The fourth-order valence-electron chi connectivity index (χ4n) is 1.90. The number of alkyl halides is 6. The standard InChI is InChI=1S/C12H12F7N/c1-20-9(6-7-2-4-8(13)5-3-7)10(11(14,15)16)12(17,18)19/h2-5,9-10,20H,6H2,1H3. The van der Waals surface area contributed by atoms with Gasteiger partial charge in [-0.3, -0.25) is 0 Å². The molecule has 20 heavy (non-hydrogen) atoms. The zero-order valence-electron chi connectivity index (χ0n) is 10.3. The minimum Gasteiger partial charge on any atom is -0.316 e. The summed E-state index contributed by atoms with van der Waals surface area (Å²) >= 11 is 0. The van der Waals surface area contributed by atoms with Gasteiger partial charge in [-0.1, -0.05) is 12.1 Å². The van der Waals surface area contributed by atoms with Crippen molar-refractivity contribution in [3.8, 4) is 0 Å². The molecule has 1 nitrogen and oxygen atoms in total. The van der Waals surface area contributed by atoms with Crippen molar-refractivity contribution in [2.45, 2.75) is 24.8 Å². The Hall–Kier alpha value is -1.31. The van der Waals surface area contributed by atoms with Crippen molar-refractivity contribution in [3.05, 3.63) is 35.6 Å². The van der Waals surface area contributed by atoms with Gasteiger partial charge >= 0.3 is 12.4 Å². The van der Waals surface area contributed by atoms with E-state index in [9.17, 15) is 30.7 Å². The molecule has 0 bridgehead atoms. The molecule has 0 aliphatic rings. The molecular formula is C12H12F7N. The smallest absolute Gasteiger partial charge is 0.316 e. The van der Waals surface area contributed by atoms with E-state index in [4.69, 9.17) is 0 Å². The van der Waals surface area contributed by atoms with E-state index < -0.39 is 36.6 Å². The summed E-state index contributed by atoms with van der Waals surface area (Å²) in [6.45, 7) is 0. The fraction of sp³-hybridized carbons (Fsp3) is 0.500. The van der Waals surface area contributed by atoms with Crippen molar-refractivity contribution in [3.63, 3.8) is 0 Å². The molecule has 1 atom stereocenters. The van der Waals surface area contributed by atoms with E-state index in [1.165, 1.54) is 0 Å². The Morgan fingerprint density at radius 1 is 0.950 bits per heavy atom. The minimum absolute atomic E-state index is 0.184. The Labute approximate surface area is 110 Å². The Morgan fingerprint density at radius 2 is 1.40 bits per heavy atom. The largest absolute Gasteiger partial charge is 0.402 e. The van der Waals surface area contributed by atoms with Gasteiger partial charge in [0.1, 0.15) is 5.82 Å². The van der Waals surface area contributed by atoms with Crippen molar-refractivity contribution in [1.82, 2.24) is 5.32 Å². The highest BCUT2D eigenvalue weighted by Crippen LogP contribution is 2.42. The molecule has 0 heterocycles. The Morgan fingerprint density at radius 3 is 1.75 bits per heavy atom. The van der Waals surface area contributed by atoms with Gasteiger partial charge in [0.2, 0.25) is 0 Å². The van der Waals surface area contributed by atoms with Crippen molar-refractivity contribution >= 4 is 0 Å². The van der Waals surface area contributed by atoms with E-state index >= 15 is 0 Å². The molecule has 1 N–H and O–H groups in total. The summed E-state index contributed by atoms with van der Waals surface area (Å²) in [5, 5.41) is 2.04. The number of hydrogen-bond donors (Lipinski definition) is 1. The molecule has 8 heteroatoms. The molecule has 0 amide bonds. The highest BCUT2D eigenvalue weighted by atomic mass is 19.4. The third-order valence-electron chi connectivity index (χ3n) is 2.85. The second kappa shape index (κ2) is 5.99. The molecule has 1 rings (SSSR count). The molecule has 114 valence electrons. The maximum atomic E-state index is 12.7. The molecule has 0 spiro atoms. The lowest BCUT2D eigenvalue weighted by atomic mass is 9.92. The second-order valence-electron chi connectivity index (χ2n) is 4.29. The van der Waals surface area contributed by atoms with Crippen LogP contribution in [0.1, 0.15) is 5.56 Å². The molecular weight excluding hydrogens is 291 g/mol. The summed E-state index contributed by atoms with van der Waals surface area (Å²) in [5.74, 6) is -4.09. The van der Waals surface area contributed by atoms with Crippen LogP contribution in [0.25, 0.3) is 0 Å².